The first-order valence-corrected chi connectivity index (χ1v) is 11.4. The second kappa shape index (κ2) is 7.48. The number of sulfone groups is 1. The molecule has 0 unspecified atom stereocenters. The molecule has 0 aliphatic heterocycles. The second-order valence-corrected chi connectivity index (χ2v) is 10.4. The molecule has 0 saturated carbocycles. The highest BCUT2D eigenvalue weighted by Crippen LogP contribution is 2.34. The summed E-state index contributed by atoms with van der Waals surface area (Å²) < 4.78 is 23.6. The predicted molar refractivity (Wildman–Crippen MR) is 106 cm³/mol. The van der Waals surface area contributed by atoms with Crippen molar-refractivity contribution in [3.8, 4) is 9.88 Å². The van der Waals surface area contributed by atoms with Gasteiger partial charge in [-0.25, -0.2) is 13.4 Å². The van der Waals surface area contributed by atoms with Crippen molar-refractivity contribution in [2.75, 3.05) is 6.26 Å². The van der Waals surface area contributed by atoms with E-state index in [0.29, 0.717) is 21.5 Å². The van der Waals surface area contributed by atoms with E-state index in [0.717, 1.165) is 21.7 Å². The molecule has 0 aliphatic rings. The average molecular weight is 427 g/mol. The number of benzene rings is 1. The van der Waals surface area contributed by atoms with Gasteiger partial charge in [-0.3, -0.25) is 4.79 Å². The Balaban J connectivity index is 1.70. The third-order valence-electron chi connectivity index (χ3n) is 3.59. The highest BCUT2D eigenvalue weighted by Gasteiger charge is 2.17. The topological polar surface area (TPSA) is 76.1 Å². The molecule has 1 N–H and O–H groups in total. The minimum absolute atomic E-state index is 0.207. The molecular formula is C17H15ClN2O3S3. The van der Waals surface area contributed by atoms with Crippen LogP contribution >= 0.6 is 34.3 Å². The normalized spacial score (nSPS) is 11.5. The molecule has 0 bridgehead atoms. The third-order valence-corrected chi connectivity index (χ3v) is 7.28. The number of hydrogen-bond acceptors (Lipinski definition) is 6. The Labute approximate surface area is 164 Å². The lowest BCUT2D eigenvalue weighted by molar-refractivity contribution is 0.0954. The summed E-state index contributed by atoms with van der Waals surface area (Å²) in [5.41, 5.74) is 1.48. The minimum Gasteiger partial charge on any atom is -0.347 e. The maximum Gasteiger partial charge on any atom is 0.263 e. The molecule has 3 rings (SSSR count). The number of thiazole rings is 1. The van der Waals surface area contributed by atoms with E-state index in [4.69, 9.17) is 11.6 Å². The zero-order valence-corrected chi connectivity index (χ0v) is 17.2. The molecule has 0 radical (unpaired) electrons. The van der Waals surface area contributed by atoms with E-state index in [1.807, 2.05) is 6.07 Å². The molecule has 26 heavy (non-hydrogen) atoms. The Hall–Kier alpha value is -1.74. The van der Waals surface area contributed by atoms with Crippen LogP contribution in [0.4, 0.5) is 0 Å². The summed E-state index contributed by atoms with van der Waals surface area (Å²) in [6.45, 7) is 2.10. The van der Waals surface area contributed by atoms with Crippen molar-refractivity contribution in [2.24, 2.45) is 0 Å². The van der Waals surface area contributed by atoms with Crippen LogP contribution in [-0.2, 0) is 16.4 Å². The zero-order chi connectivity index (χ0) is 18.9. The van der Waals surface area contributed by atoms with Crippen LogP contribution in [0.2, 0.25) is 4.34 Å². The first-order valence-electron chi connectivity index (χ1n) is 7.54. The zero-order valence-electron chi connectivity index (χ0n) is 13.9. The Morgan fingerprint density at radius 3 is 2.42 bits per heavy atom. The van der Waals surface area contributed by atoms with Gasteiger partial charge in [0.2, 0.25) is 0 Å². The smallest absolute Gasteiger partial charge is 0.263 e. The molecule has 0 aliphatic carbocycles. The number of thiophene rings is 1. The number of carbonyl (C=O) groups is 1. The van der Waals surface area contributed by atoms with Crippen LogP contribution in [0.15, 0.2) is 41.3 Å². The molecule has 136 valence electrons. The van der Waals surface area contributed by atoms with E-state index >= 15 is 0 Å². The SMILES string of the molecule is Cc1nc(-c2ccc(Cl)s2)sc1C(=O)NCc1ccc(S(C)(=O)=O)cc1. The van der Waals surface area contributed by atoms with Gasteiger partial charge in [-0.05, 0) is 36.8 Å². The highest BCUT2D eigenvalue weighted by molar-refractivity contribution is 7.90. The Morgan fingerprint density at radius 2 is 1.85 bits per heavy atom. The summed E-state index contributed by atoms with van der Waals surface area (Å²) >= 11 is 8.70. The summed E-state index contributed by atoms with van der Waals surface area (Å²) in [5.74, 6) is -0.207. The number of nitrogens with one attached hydrogen (secondary N) is 1. The number of aromatic nitrogens is 1. The maximum absolute atomic E-state index is 12.5. The van der Waals surface area contributed by atoms with Gasteiger partial charge in [0.15, 0.2) is 9.84 Å². The fourth-order valence-corrected chi connectivity index (χ4v) is 4.97. The first-order chi connectivity index (χ1) is 12.2. The molecule has 0 fully saturated rings. The van der Waals surface area contributed by atoms with E-state index in [-0.39, 0.29) is 10.8 Å². The molecule has 0 saturated heterocycles. The Kier molecular flexibility index (Phi) is 5.47. The van der Waals surface area contributed by atoms with E-state index in [1.54, 1.807) is 25.1 Å². The van der Waals surface area contributed by atoms with Crippen molar-refractivity contribution in [3.05, 3.63) is 56.9 Å². The van der Waals surface area contributed by atoms with Gasteiger partial charge >= 0.3 is 0 Å². The fraction of sp³-hybridized carbons (Fsp3) is 0.176. The summed E-state index contributed by atoms with van der Waals surface area (Å²) in [6, 6.07) is 10.1. The molecule has 9 heteroatoms. The van der Waals surface area contributed by atoms with Crippen LogP contribution in [0.1, 0.15) is 20.9 Å². The lowest BCUT2D eigenvalue weighted by Crippen LogP contribution is -2.22. The number of carbonyl (C=O) groups excluding carboxylic acids is 1. The van der Waals surface area contributed by atoms with Crippen molar-refractivity contribution >= 4 is 50.0 Å². The summed E-state index contributed by atoms with van der Waals surface area (Å²) in [5, 5.41) is 3.61. The minimum atomic E-state index is -3.22. The van der Waals surface area contributed by atoms with Gasteiger partial charge in [-0.1, -0.05) is 23.7 Å². The van der Waals surface area contributed by atoms with Crippen molar-refractivity contribution < 1.29 is 13.2 Å². The molecule has 3 aromatic rings. The maximum atomic E-state index is 12.5. The predicted octanol–water partition coefficient (Wildman–Crippen LogP) is 4.17. The van der Waals surface area contributed by atoms with Crippen molar-refractivity contribution in [1.82, 2.24) is 10.3 Å². The van der Waals surface area contributed by atoms with Crippen LogP contribution in [0, 0.1) is 6.92 Å². The van der Waals surface area contributed by atoms with E-state index < -0.39 is 9.84 Å². The molecule has 0 spiro atoms. The van der Waals surface area contributed by atoms with E-state index in [9.17, 15) is 13.2 Å². The van der Waals surface area contributed by atoms with Crippen molar-refractivity contribution in [3.63, 3.8) is 0 Å². The standard InChI is InChI=1S/C17H15ClN2O3S3/c1-10-15(25-17(20-10)13-7-8-14(18)24-13)16(21)19-9-11-3-5-12(6-4-11)26(2,22)23/h3-8H,9H2,1-2H3,(H,19,21). The van der Waals surface area contributed by atoms with E-state index in [2.05, 4.69) is 10.3 Å². The second-order valence-electron chi connectivity index (χ2n) is 5.64. The lowest BCUT2D eigenvalue weighted by atomic mass is 10.2. The summed E-state index contributed by atoms with van der Waals surface area (Å²) in [4.78, 5) is 18.6. The molecule has 5 nitrogen and oxygen atoms in total. The monoisotopic (exact) mass is 426 g/mol. The van der Waals surface area contributed by atoms with Gasteiger partial charge in [0.25, 0.3) is 5.91 Å². The van der Waals surface area contributed by atoms with Crippen LogP contribution in [0.5, 0.6) is 0 Å². The number of rotatable bonds is 5. The summed E-state index contributed by atoms with van der Waals surface area (Å²) in [7, 11) is -3.22. The molecular weight excluding hydrogens is 412 g/mol. The van der Waals surface area contributed by atoms with Crippen LogP contribution < -0.4 is 5.32 Å². The lowest BCUT2D eigenvalue weighted by Gasteiger charge is -2.05. The highest BCUT2D eigenvalue weighted by atomic mass is 35.5. The van der Waals surface area contributed by atoms with Crippen LogP contribution in [0.3, 0.4) is 0 Å². The Bertz CT molecular complexity index is 1050. The third kappa shape index (κ3) is 4.32. The van der Waals surface area contributed by atoms with Gasteiger partial charge in [-0.2, -0.15) is 0 Å². The summed E-state index contributed by atoms with van der Waals surface area (Å²) in [6.07, 6.45) is 1.16. The van der Waals surface area contributed by atoms with Crippen LogP contribution in [-0.4, -0.2) is 25.6 Å². The van der Waals surface area contributed by atoms with Gasteiger partial charge in [0, 0.05) is 12.8 Å². The molecule has 0 atom stereocenters. The molecule has 2 heterocycles. The molecule has 1 amide bonds. The number of halogens is 1. The fourth-order valence-electron chi connectivity index (χ4n) is 2.26. The average Bonchev–Trinajstić information content (AvgIpc) is 3.18. The molecule has 1 aromatic carbocycles. The van der Waals surface area contributed by atoms with Gasteiger partial charge in [-0.15, -0.1) is 22.7 Å². The quantitative estimate of drug-likeness (QED) is 0.664. The van der Waals surface area contributed by atoms with Crippen molar-refractivity contribution in [1.29, 1.82) is 0 Å². The van der Waals surface area contributed by atoms with E-state index in [1.165, 1.54) is 34.8 Å². The van der Waals surface area contributed by atoms with Crippen LogP contribution in [0.25, 0.3) is 9.88 Å². The van der Waals surface area contributed by atoms with Gasteiger partial charge in [0.1, 0.15) is 9.88 Å². The van der Waals surface area contributed by atoms with Crippen molar-refractivity contribution in [2.45, 2.75) is 18.4 Å². The van der Waals surface area contributed by atoms with Gasteiger partial charge < -0.3 is 5.32 Å². The molecule has 2 aromatic heterocycles. The number of amides is 1. The number of hydrogen-bond donors (Lipinski definition) is 1. The van der Waals surface area contributed by atoms with Gasteiger partial charge in [0.05, 0.1) is 19.8 Å². The number of nitrogens with zero attached hydrogens (tertiary/aromatic N) is 1. The first kappa shape index (κ1) is 19.0. The largest absolute Gasteiger partial charge is 0.347 e. The Morgan fingerprint density at radius 1 is 1.15 bits per heavy atom. The number of aryl methyl sites for hydroxylation is 1.